The molecule has 0 spiro atoms. The molecule has 3 heteroatoms. The van der Waals surface area contributed by atoms with E-state index in [0.29, 0.717) is 5.69 Å². The Labute approximate surface area is 71.1 Å². The zero-order valence-electron chi connectivity index (χ0n) is 7.26. The van der Waals surface area contributed by atoms with Crippen LogP contribution in [0.1, 0.15) is 25.4 Å². The fourth-order valence-corrected chi connectivity index (χ4v) is 1.04. The van der Waals surface area contributed by atoms with Gasteiger partial charge in [0.05, 0.1) is 0 Å². The standard InChI is InChI=1S/C9H11NO2/c1-3-7-5-8(10-6-11)9(4-2)12-7/h5H,3-4H2,1-2H3. The van der Waals surface area contributed by atoms with Gasteiger partial charge in [0, 0.05) is 18.9 Å². The van der Waals surface area contributed by atoms with Crippen molar-refractivity contribution in [1.29, 1.82) is 0 Å². The topological polar surface area (TPSA) is 42.6 Å². The number of aliphatic imine (C=N–C) groups is 1. The van der Waals surface area contributed by atoms with Gasteiger partial charge >= 0.3 is 0 Å². The van der Waals surface area contributed by atoms with Gasteiger partial charge in [-0.3, -0.25) is 0 Å². The number of aryl methyl sites for hydroxylation is 2. The van der Waals surface area contributed by atoms with Crippen LogP contribution < -0.4 is 0 Å². The van der Waals surface area contributed by atoms with Crippen LogP contribution in [0.4, 0.5) is 5.69 Å². The van der Waals surface area contributed by atoms with E-state index in [1.54, 1.807) is 6.07 Å². The number of furan rings is 1. The molecule has 0 saturated heterocycles. The predicted molar refractivity (Wildman–Crippen MR) is 45.2 cm³/mol. The van der Waals surface area contributed by atoms with Crippen LogP contribution in [0.25, 0.3) is 0 Å². The Kier molecular flexibility index (Phi) is 2.83. The minimum atomic E-state index is 0.615. The van der Waals surface area contributed by atoms with E-state index in [1.165, 1.54) is 6.08 Å². The van der Waals surface area contributed by atoms with Crippen molar-refractivity contribution in [2.45, 2.75) is 26.7 Å². The maximum absolute atomic E-state index is 10.0. The first-order valence-corrected chi connectivity index (χ1v) is 4.01. The third kappa shape index (κ3) is 1.63. The minimum Gasteiger partial charge on any atom is -0.464 e. The molecule has 12 heavy (non-hydrogen) atoms. The Morgan fingerprint density at radius 3 is 2.75 bits per heavy atom. The van der Waals surface area contributed by atoms with Gasteiger partial charge in [-0.1, -0.05) is 13.8 Å². The molecule has 0 aliphatic carbocycles. The van der Waals surface area contributed by atoms with Crippen LogP contribution in [0.15, 0.2) is 15.5 Å². The molecule has 0 aliphatic heterocycles. The van der Waals surface area contributed by atoms with Gasteiger partial charge in [0.2, 0.25) is 6.08 Å². The van der Waals surface area contributed by atoms with E-state index >= 15 is 0 Å². The molecule has 0 bridgehead atoms. The fraction of sp³-hybridized carbons (Fsp3) is 0.444. The summed E-state index contributed by atoms with van der Waals surface area (Å²) < 4.78 is 5.39. The highest BCUT2D eigenvalue weighted by Crippen LogP contribution is 2.24. The summed E-state index contributed by atoms with van der Waals surface area (Å²) in [6.45, 7) is 3.95. The first-order valence-electron chi connectivity index (χ1n) is 4.01. The lowest BCUT2D eigenvalue weighted by atomic mass is 10.3. The Morgan fingerprint density at radius 1 is 1.50 bits per heavy atom. The molecule has 0 amide bonds. The van der Waals surface area contributed by atoms with Crippen LogP contribution >= 0.6 is 0 Å². The van der Waals surface area contributed by atoms with Gasteiger partial charge in [-0.05, 0) is 0 Å². The first kappa shape index (κ1) is 8.75. The van der Waals surface area contributed by atoms with Crippen molar-refractivity contribution in [2.75, 3.05) is 0 Å². The van der Waals surface area contributed by atoms with Gasteiger partial charge in [-0.2, -0.15) is 4.99 Å². The maximum Gasteiger partial charge on any atom is 0.240 e. The van der Waals surface area contributed by atoms with Crippen LogP contribution in [-0.4, -0.2) is 6.08 Å². The molecule has 1 heterocycles. The van der Waals surface area contributed by atoms with Crippen LogP contribution in [0.3, 0.4) is 0 Å². The minimum absolute atomic E-state index is 0.615. The normalized spacial score (nSPS) is 9.50. The number of nitrogens with zero attached hydrogens (tertiary/aromatic N) is 1. The Bertz CT molecular complexity index is 308. The molecule has 0 aliphatic rings. The lowest BCUT2D eigenvalue weighted by Crippen LogP contribution is -1.73. The van der Waals surface area contributed by atoms with Crippen molar-refractivity contribution in [1.82, 2.24) is 0 Å². The fourth-order valence-electron chi connectivity index (χ4n) is 1.04. The zero-order valence-corrected chi connectivity index (χ0v) is 7.26. The highest BCUT2D eigenvalue weighted by Gasteiger charge is 2.06. The van der Waals surface area contributed by atoms with Gasteiger partial charge < -0.3 is 4.42 Å². The van der Waals surface area contributed by atoms with Gasteiger partial charge in [0.15, 0.2) is 0 Å². The molecule has 0 saturated carbocycles. The number of isocyanates is 1. The molecular formula is C9H11NO2. The lowest BCUT2D eigenvalue weighted by molar-refractivity contribution is 0.475. The van der Waals surface area contributed by atoms with Crippen LogP contribution in [-0.2, 0) is 17.6 Å². The molecule has 0 aromatic carbocycles. The van der Waals surface area contributed by atoms with E-state index in [2.05, 4.69) is 4.99 Å². The molecule has 1 aromatic heterocycles. The quantitative estimate of drug-likeness (QED) is 0.509. The molecule has 0 unspecified atom stereocenters. The van der Waals surface area contributed by atoms with Crippen molar-refractivity contribution in [3.8, 4) is 0 Å². The monoisotopic (exact) mass is 165 g/mol. The zero-order chi connectivity index (χ0) is 8.97. The van der Waals surface area contributed by atoms with Crippen molar-refractivity contribution >= 4 is 11.8 Å². The molecular weight excluding hydrogens is 154 g/mol. The second-order valence-corrected chi connectivity index (χ2v) is 2.43. The van der Waals surface area contributed by atoms with Crippen molar-refractivity contribution in [3.63, 3.8) is 0 Å². The third-order valence-electron chi connectivity index (χ3n) is 1.67. The number of hydrogen-bond acceptors (Lipinski definition) is 3. The second kappa shape index (κ2) is 3.88. The molecule has 0 radical (unpaired) electrons. The summed E-state index contributed by atoms with van der Waals surface area (Å²) in [6.07, 6.45) is 3.08. The average Bonchev–Trinajstić information content (AvgIpc) is 2.48. The highest BCUT2D eigenvalue weighted by molar-refractivity contribution is 5.51. The van der Waals surface area contributed by atoms with Crippen molar-refractivity contribution < 1.29 is 9.21 Å². The summed E-state index contributed by atoms with van der Waals surface area (Å²) in [6, 6.07) is 1.78. The van der Waals surface area contributed by atoms with Crippen LogP contribution in [0, 0.1) is 0 Å². The van der Waals surface area contributed by atoms with Gasteiger partial charge in [0.25, 0.3) is 0 Å². The SMILES string of the molecule is CCc1cc(N=C=O)c(CC)o1. The maximum atomic E-state index is 10.0. The van der Waals surface area contributed by atoms with Crippen LogP contribution in [0.5, 0.6) is 0 Å². The summed E-state index contributed by atoms with van der Waals surface area (Å²) in [5.74, 6) is 1.62. The molecule has 0 atom stereocenters. The smallest absolute Gasteiger partial charge is 0.240 e. The molecule has 3 nitrogen and oxygen atoms in total. The lowest BCUT2D eigenvalue weighted by Gasteiger charge is -1.88. The summed E-state index contributed by atoms with van der Waals surface area (Å²) in [5.41, 5.74) is 0.615. The van der Waals surface area contributed by atoms with Gasteiger partial charge in [-0.15, -0.1) is 0 Å². The predicted octanol–water partition coefficient (Wildman–Crippen LogP) is 2.37. The summed E-state index contributed by atoms with van der Waals surface area (Å²) >= 11 is 0. The second-order valence-electron chi connectivity index (χ2n) is 2.43. The largest absolute Gasteiger partial charge is 0.464 e. The molecule has 0 fully saturated rings. The molecule has 64 valence electrons. The third-order valence-corrected chi connectivity index (χ3v) is 1.67. The average molecular weight is 165 g/mol. The van der Waals surface area contributed by atoms with E-state index in [0.717, 1.165) is 24.4 Å². The van der Waals surface area contributed by atoms with Crippen molar-refractivity contribution in [3.05, 3.63) is 17.6 Å². The van der Waals surface area contributed by atoms with Crippen molar-refractivity contribution in [2.24, 2.45) is 4.99 Å². The summed E-state index contributed by atoms with van der Waals surface area (Å²) in [5, 5.41) is 0. The summed E-state index contributed by atoms with van der Waals surface area (Å²) in [7, 11) is 0. The van der Waals surface area contributed by atoms with Gasteiger partial charge in [-0.25, -0.2) is 4.79 Å². The summed E-state index contributed by atoms with van der Waals surface area (Å²) in [4.78, 5) is 13.6. The number of hydrogen-bond donors (Lipinski definition) is 0. The number of rotatable bonds is 3. The Morgan fingerprint density at radius 2 is 2.25 bits per heavy atom. The van der Waals surface area contributed by atoms with E-state index in [-0.39, 0.29) is 0 Å². The molecule has 0 N–H and O–H groups in total. The Balaban J connectivity index is 3.07. The molecule has 1 rings (SSSR count). The first-order chi connectivity index (χ1) is 5.81. The highest BCUT2D eigenvalue weighted by atomic mass is 16.3. The number of carbonyl (C=O) groups excluding carboxylic acids is 1. The van der Waals surface area contributed by atoms with E-state index < -0.39 is 0 Å². The van der Waals surface area contributed by atoms with Crippen LogP contribution in [0.2, 0.25) is 0 Å². The van der Waals surface area contributed by atoms with E-state index in [1.807, 2.05) is 13.8 Å². The van der Waals surface area contributed by atoms with Gasteiger partial charge in [0.1, 0.15) is 17.2 Å². The van der Waals surface area contributed by atoms with E-state index in [9.17, 15) is 4.79 Å². The Hall–Kier alpha value is -1.34. The molecule has 1 aromatic rings. The van der Waals surface area contributed by atoms with E-state index in [4.69, 9.17) is 4.42 Å².